The molecule has 2 aliphatic rings. The molecule has 1 fully saturated rings. The van der Waals surface area contributed by atoms with Crippen LogP contribution in [0, 0.1) is 0 Å². The number of nitrogens with one attached hydrogen (secondary N) is 3. The number of amides is 5. The summed E-state index contributed by atoms with van der Waals surface area (Å²) in [7, 11) is 0. The number of likely N-dealkylation sites (tertiary alicyclic amines) is 1. The molecule has 4 atom stereocenters. The molecule has 0 radical (unpaired) electrons. The predicted molar refractivity (Wildman–Crippen MR) is 252 cm³/mol. The van der Waals surface area contributed by atoms with Crippen molar-refractivity contribution in [3.05, 3.63) is 167 Å². The third kappa shape index (κ3) is 10.6. The molecular formula is C51H54N6O8S. The molecule has 0 aromatic heterocycles. The molecule has 1 heterocycles. The molecule has 0 spiro atoms. The van der Waals surface area contributed by atoms with Gasteiger partial charge in [0.1, 0.15) is 30.8 Å². The number of hydrogen-bond acceptors (Lipinski definition) is 9. The zero-order valence-corrected chi connectivity index (χ0v) is 37.2. The summed E-state index contributed by atoms with van der Waals surface area (Å²) in [6, 6.07) is 39.8. The molecule has 342 valence electrons. The summed E-state index contributed by atoms with van der Waals surface area (Å²) >= 11 is 1.39. The molecule has 15 heteroatoms. The first kappa shape index (κ1) is 47.0. The van der Waals surface area contributed by atoms with Gasteiger partial charge < -0.3 is 42.2 Å². The smallest absolute Gasteiger partial charge is 0.407 e. The Labute approximate surface area is 387 Å². The normalized spacial score (nSPS) is 15.7. The van der Waals surface area contributed by atoms with Gasteiger partial charge in [0.05, 0.1) is 11.2 Å². The highest BCUT2D eigenvalue weighted by Gasteiger charge is 2.43. The van der Waals surface area contributed by atoms with Crippen molar-refractivity contribution in [1.82, 2.24) is 20.9 Å². The van der Waals surface area contributed by atoms with Gasteiger partial charge in [0.25, 0.3) is 0 Å². The molecule has 1 aliphatic carbocycles. The van der Waals surface area contributed by atoms with E-state index in [0.717, 1.165) is 38.9 Å². The number of thioether (sulfide) groups is 1. The van der Waals surface area contributed by atoms with Crippen molar-refractivity contribution in [2.24, 2.45) is 11.5 Å². The predicted octanol–water partition coefficient (Wildman–Crippen LogP) is 5.28. The Kier molecular flexibility index (Phi) is 15.5. The molecule has 7 rings (SSSR count). The largest absolute Gasteiger partial charge is 0.480 e. The minimum atomic E-state index is -1.54. The van der Waals surface area contributed by atoms with Crippen LogP contribution in [0.25, 0.3) is 11.1 Å². The molecule has 5 aromatic rings. The Morgan fingerprint density at radius 1 is 0.712 bits per heavy atom. The lowest BCUT2D eigenvalue weighted by molar-refractivity contribution is -0.144. The van der Waals surface area contributed by atoms with Gasteiger partial charge in [0.15, 0.2) is 0 Å². The average Bonchev–Trinajstić information content (AvgIpc) is 3.96. The van der Waals surface area contributed by atoms with Crippen molar-refractivity contribution in [3.63, 3.8) is 0 Å². The quantitative estimate of drug-likeness (QED) is 0.0555. The van der Waals surface area contributed by atoms with Crippen LogP contribution in [0.15, 0.2) is 140 Å². The Morgan fingerprint density at radius 2 is 1.24 bits per heavy atom. The number of rotatable bonds is 20. The Morgan fingerprint density at radius 3 is 1.76 bits per heavy atom. The van der Waals surface area contributed by atoms with Gasteiger partial charge in [-0.1, -0.05) is 140 Å². The Hall–Kier alpha value is -6.97. The van der Waals surface area contributed by atoms with Crippen LogP contribution in [0.3, 0.4) is 0 Å². The van der Waals surface area contributed by atoms with E-state index < -0.39 is 71.0 Å². The number of fused-ring (bicyclic) bond motifs is 3. The fraction of sp³-hybridized carbons (Fsp3) is 0.294. The van der Waals surface area contributed by atoms with Crippen LogP contribution in [-0.4, -0.2) is 95.3 Å². The topological polar surface area (TPSA) is 223 Å². The van der Waals surface area contributed by atoms with E-state index in [4.69, 9.17) is 16.2 Å². The van der Waals surface area contributed by atoms with E-state index in [1.807, 2.05) is 140 Å². The summed E-state index contributed by atoms with van der Waals surface area (Å²) in [4.78, 5) is 82.8. The van der Waals surface area contributed by atoms with E-state index in [1.54, 1.807) is 0 Å². The van der Waals surface area contributed by atoms with Crippen LogP contribution in [-0.2, 0) is 33.5 Å². The standard InChI is InChI=1S/C51H54N6O8S/c52-28-14-26-41(49(62)63)54-47(60)44-27-15-29-57(44)48(61)43(32-66-51(33-16-4-1-5-17-33,34-18-6-2-7-19-34)35-20-8-3-9-21-35)55-46(59)42(30-45(53)58)56-50(64)65-31-40-38-24-12-10-22-36(38)37-23-11-13-25-39(37)40/h1-13,16-25,40-44H,14-15,26-32,52H2,(H2,53,58)(H,54,60)(H,55,59)(H,56,64)(H,62,63)/t41-,42-,43-,44-/m0/s1. The van der Waals surface area contributed by atoms with Crippen LogP contribution in [0.1, 0.15) is 65.8 Å². The van der Waals surface area contributed by atoms with E-state index >= 15 is 4.79 Å². The van der Waals surface area contributed by atoms with E-state index in [2.05, 4.69) is 16.0 Å². The average molecular weight is 911 g/mol. The van der Waals surface area contributed by atoms with Crippen LogP contribution in [0.4, 0.5) is 4.79 Å². The molecule has 5 aromatic carbocycles. The number of carboxylic acids is 1. The molecule has 1 aliphatic heterocycles. The number of carbonyl (C=O) groups is 6. The first-order chi connectivity index (χ1) is 32.0. The van der Waals surface area contributed by atoms with Gasteiger partial charge in [-0.15, -0.1) is 11.8 Å². The zero-order chi connectivity index (χ0) is 46.6. The first-order valence-electron chi connectivity index (χ1n) is 22.1. The number of benzene rings is 5. The van der Waals surface area contributed by atoms with Gasteiger partial charge >= 0.3 is 12.1 Å². The van der Waals surface area contributed by atoms with E-state index in [1.165, 1.54) is 16.7 Å². The first-order valence-corrected chi connectivity index (χ1v) is 23.0. The van der Waals surface area contributed by atoms with Crippen molar-refractivity contribution in [2.45, 2.75) is 66.9 Å². The highest BCUT2D eigenvalue weighted by molar-refractivity contribution is 8.00. The molecule has 0 bridgehead atoms. The molecule has 8 N–H and O–H groups in total. The summed E-state index contributed by atoms with van der Waals surface area (Å²) in [5, 5.41) is 17.8. The summed E-state index contributed by atoms with van der Waals surface area (Å²) in [5.41, 5.74) is 18.0. The zero-order valence-electron chi connectivity index (χ0n) is 36.3. The highest BCUT2D eigenvalue weighted by Crippen LogP contribution is 2.49. The number of nitrogens with two attached hydrogens (primary N) is 2. The van der Waals surface area contributed by atoms with Crippen molar-refractivity contribution in [3.8, 4) is 11.1 Å². The molecule has 5 amide bonds. The fourth-order valence-corrected chi connectivity index (χ4v) is 10.5. The third-order valence-corrected chi connectivity index (χ3v) is 13.8. The van der Waals surface area contributed by atoms with Gasteiger partial charge in [-0.25, -0.2) is 9.59 Å². The van der Waals surface area contributed by atoms with E-state index in [-0.39, 0.29) is 44.2 Å². The second kappa shape index (κ2) is 21.8. The number of ether oxygens (including phenoxy) is 1. The van der Waals surface area contributed by atoms with Crippen molar-refractivity contribution in [1.29, 1.82) is 0 Å². The lowest BCUT2D eigenvalue weighted by Gasteiger charge is -2.37. The van der Waals surface area contributed by atoms with Gasteiger partial charge in [0.2, 0.25) is 23.6 Å². The lowest BCUT2D eigenvalue weighted by atomic mass is 9.84. The Bertz CT molecular complexity index is 2370. The number of carboxylic acid groups (broad SMARTS) is 1. The second-order valence-corrected chi connectivity index (χ2v) is 17.6. The number of nitrogens with zero attached hydrogens (tertiary/aromatic N) is 1. The molecule has 0 saturated carbocycles. The van der Waals surface area contributed by atoms with E-state index in [0.29, 0.717) is 12.8 Å². The van der Waals surface area contributed by atoms with Gasteiger partial charge in [0, 0.05) is 18.2 Å². The van der Waals surface area contributed by atoms with Crippen LogP contribution in [0.5, 0.6) is 0 Å². The minimum Gasteiger partial charge on any atom is -0.480 e. The summed E-state index contributed by atoms with van der Waals surface area (Å²) in [5.74, 6) is -4.57. The molecule has 0 unspecified atom stereocenters. The van der Waals surface area contributed by atoms with Crippen molar-refractivity contribution in [2.75, 3.05) is 25.4 Å². The lowest BCUT2D eigenvalue weighted by Crippen LogP contribution is -2.58. The molecule has 66 heavy (non-hydrogen) atoms. The summed E-state index contributed by atoms with van der Waals surface area (Å²) in [6.45, 7) is 0.324. The molecule has 14 nitrogen and oxygen atoms in total. The molecule has 1 saturated heterocycles. The SMILES string of the molecule is NCCC[C@H](NC(=O)[C@@H]1CCCN1C(=O)[C@H](CSC(c1ccccc1)(c1ccccc1)c1ccccc1)NC(=O)[C@H](CC(N)=O)NC(=O)OCC1c2ccccc2-c2ccccc21)C(=O)O. The van der Waals surface area contributed by atoms with Crippen LogP contribution >= 0.6 is 11.8 Å². The minimum absolute atomic E-state index is 0.0589. The van der Waals surface area contributed by atoms with Crippen molar-refractivity contribution >= 4 is 47.5 Å². The number of aliphatic carboxylic acids is 1. The van der Waals surface area contributed by atoms with Gasteiger partial charge in [-0.05, 0) is 71.2 Å². The summed E-state index contributed by atoms with van der Waals surface area (Å²) < 4.78 is 4.80. The fourth-order valence-electron chi connectivity index (χ4n) is 8.97. The number of alkyl carbamates (subject to hydrolysis) is 1. The van der Waals surface area contributed by atoms with Gasteiger partial charge in [-0.2, -0.15) is 0 Å². The Balaban J connectivity index is 1.18. The summed E-state index contributed by atoms with van der Waals surface area (Å²) in [6.07, 6.45) is -0.423. The maximum atomic E-state index is 15.0. The molecular weight excluding hydrogens is 857 g/mol. The van der Waals surface area contributed by atoms with Crippen molar-refractivity contribution < 1.29 is 38.6 Å². The van der Waals surface area contributed by atoms with Gasteiger partial charge in [-0.3, -0.25) is 19.2 Å². The van der Waals surface area contributed by atoms with Crippen LogP contribution in [0.2, 0.25) is 0 Å². The monoisotopic (exact) mass is 910 g/mol. The van der Waals surface area contributed by atoms with E-state index in [9.17, 15) is 29.1 Å². The maximum Gasteiger partial charge on any atom is 0.407 e. The number of primary amides is 1. The van der Waals surface area contributed by atoms with Crippen LogP contribution < -0.4 is 27.4 Å². The number of carbonyl (C=O) groups excluding carboxylic acids is 5. The highest BCUT2D eigenvalue weighted by atomic mass is 32.2. The third-order valence-electron chi connectivity index (χ3n) is 12.1. The maximum absolute atomic E-state index is 15.0. The second-order valence-electron chi connectivity index (χ2n) is 16.4. The number of hydrogen-bond donors (Lipinski definition) is 6.